The zero-order valence-corrected chi connectivity index (χ0v) is 9.69. The Morgan fingerprint density at radius 2 is 1.67 bits per heavy atom. The topological polar surface area (TPSA) is 3.24 Å². The molecule has 4 heteroatoms. The van der Waals surface area contributed by atoms with Crippen LogP contribution in [-0.2, 0) is 0 Å². The molecule has 0 bridgehead atoms. The summed E-state index contributed by atoms with van der Waals surface area (Å²) >= 11 is 0. The minimum absolute atomic E-state index is 0.455. The second-order valence-corrected chi connectivity index (χ2v) is 3.94. The molecule has 0 spiro atoms. The van der Waals surface area contributed by atoms with Gasteiger partial charge in [-0.15, -0.1) is 0 Å². The molecule has 15 heavy (non-hydrogen) atoms. The molecule has 90 valence electrons. The number of unbranched alkanes of at least 4 members (excludes halogenated alkanes) is 3. The standard InChI is InChI=1S/C11H20F3N/c1-4-5-6-7-8-9(15(2)3)10(12)11(13)14/h9H,4-8H2,1-3H3. The summed E-state index contributed by atoms with van der Waals surface area (Å²) in [7, 11) is 3.24. The number of hydrogen-bond acceptors (Lipinski definition) is 1. The number of rotatable bonds is 7. The van der Waals surface area contributed by atoms with Crippen molar-refractivity contribution in [2.75, 3.05) is 14.1 Å². The monoisotopic (exact) mass is 223 g/mol. The van der Waals surface area contributed by atoms with E-state index in [0.29, 0.717) is 6.42 Å². The van der Waals surface area contributed by atoms with Gasteiger partial charge in [0.15, 0.2) is 5.83 Å². The highest BCUT2D eigenvalue weighted by Gasteiger charge is 2.21. The highest BCUT2D eigenvalue weighted by Crippen LogP contribution is 2.21. The Hall–Kier alpha value is -0.510. The molecule has 0 amide bonds. The summed E-state index contributed by atoms with van der Waals surface area (Å²) in [6, 6.07) is -0.771. The SMILES string of the molecule is CCCCCCC(C(F)=C(F)F)N(C)C. The number of likely N-dealkylation sites (N-methyl/N-ethyl adjacent to an activating group) is 1. The van der Waals surface area contributed by atoms with Crippen molar-refractivity contribution in [1.82, 2.24) is 4.90 Å². The Balaban J connectivity index is 4.13. The maximum absolute atomic E-state index is 13.0. The van der Waals surface area contributed by atoms with Crippen LogP contribution in [-0.4, -0.2) is 25.0 Å². The maximum atomic E-state index is 13.0. The Kier molecular flexibility index (Phi) is 7.48. The summed E-state index contributed by atoms with van der Waals surface area (Å²) in [6.07, 6.45) is 2.19. The van der Waals surface area contributed by atoms with E-state index in [-0.39, 0.29) is 0 Å². The van der Waals surface area contributed by atoms with Gasteiger partial charge in [0.2, 0.25) is 0 Å². The van der Waals surface area contributed by atoms with Crippen LogP contribution < -0.4 is 0 Å². The van der Waals surface area contributed by atoms with E-state index < -0.39 is 17.9 Å². The van der Waals surface area contributed by atoms with E-state index in [0.717, 1.165) is 25.7 Å². The van der Waals surface area contributed by atoms with Crippen LogP contribution in [0.3, 0.4) is 0 Å². The van der Waals surface area contributed by atoms with Gasteiger partial charge >= 0.3 is 6.08 Å². The molecule has 0 saturated carbocycles. The highest BCUT2D eigenvalue weighted by atomic mass is 19.3. The second kappa shape index (κ2) is 7.74. The van der Waals surface area contributed by atoms with Crippen LogP contribution in [0.15, 0.2) is 11.9 Å². The Morgan fingerprint density at radius 3 is 2.07 bits per heavy atom. The molecule has 0 radical (unpaired) electrons. The van der Waals surface area contributed by atoms with Crippen LogP contribution in [0.5, 0.6) is 0 Å². The van der Waals surface area contributed by atoms with Crippen molar-refractivity contribution < 1.29 is 13.2 Å². The van der Waals surface area contributed by atoms with Crippen LogP contribution in [0.2, 0.25) is 0 Å². The van der Waals surface area contributed by atoms with Gasteiger partial charge in [0.05, 0.1) is 6.04 Å². The van der Waals surface area contributed by atoms with Gasteiger partial charge in [-0.05, 0) is 20.5 Å². The summed E-state index contributed by atoms with van der Waals surface area (Å²) in [5, 5.41) is 0. The Labute approximate surface area is 90.0 Å². The summed E-state index contributed by atoms with van der Waals surface area (Å²) in [5.74, 6) is -1.28. The van der Waals surface area contributed by atoms with E-state index in [1.54, 1.807) is 14.1 Å². The maximum Gasteiger partial charge on any atom is 0.303 e. The van der Waals surface area contributed by atoms with Gasteiger partial charge in [0, 0.05) is 0 Å². The van der Waals surface area contributed by atoms with E-state index in [4.69, 9.17) is 0 Å². The lowest BCUT2D eigenvalue weighted by Gasteiger charge is -2.21. The molecule has 0 aliphatic rings. The molecule has 0 aliphatic carbocycles. The molecule has 0 rings (SSSR count). The zero-order chi connectivity index (χ0) is 11.8. The summed E-state index contributed by atoms with van der Waals surface area (Å²) in [6.45, 7) is 2.07. The number of halogens is 3. The van der Waals surface area contributed by atoms with Crippen molar-refractivity contribution >= 4 is 0 Å². The lowest BCUT2D eigenvalue weighted by molar-refractivity contribution is 0.245. The lowest BCUT2D eigenvalue weighted by atomic mass is 10.1. The molecule has 1 unspecified atom stereocenters. The molecule has 1 nitrogen and oxygen atoms in total. The lowest BCUT2D eigenvalue weighted by Crippen LogP contribution is -2.28. The van der Waals surface area contributed by atoms with E-state index in [2.05, 4.69) is 6.92 Å². The van der Waals surface area contributed by atoms with Crippen molar-refractivity contribution in [3.63, 3.8) is 0 Å². The van der Waals surface area contributed by atoms with Crippen LogP contribution >= 0.6 is 0 Å². The normalized spacial score (nSPS) is 13.0. The van der Waals surface area contributed by atoms with Gasteiger partial charge in [-0.25, -0.2) is 4.39 Å². The molecular weight excluding hydrogens is 203 g/mol. The third-order valence-electron chi connectivity index (χ3n) is 2.43. The molecule has 0 aliphatic heterocycles. The molecule has 0 saturated heterocycles. The van der Waals surface area contributed by atoms with Crippen molar-refractivity contribution in [1.29, 1.82) is 0 Å². The molecule has 0 N–H and O–H groups in total. The minimum atomic E-state index is -2.19. The van der Waals surface area contributed by atoms with E-state index >= 15 is 0 Å². The summed E-state index contributed by atoms with van der Waals surface area (Å²) < 4.78 is 37.2. The molecule has 0 aromatic heterocycles. The van der Waals surface area contributed by atoms with Crippen molar-refractivity contribution in [3.05, 3.63) is 11.9 Å². The molecule has 1 atom stereocenters. The molecule has 0 aromatic rings. The third kappa shape index (κ3) is 5.82. The van der Waals surface area contributed by atoms with Gasteiger partial charge in [-0.3, -0.25) is 0 Å². The number of hydrogen-bond donors (Lipinski definition) is 0. The first kappa shape index (κ1) is 14.5. The summed E-state index contributed by atoms with van der Waals surface area (Å²) in [5.41, 5.74) is 0. The first-order chi connectivity index (χ1) is 7.00. The smallest absolute Gasteiger partial charge is 0.300 e. The average Bonchev–Trinajstić information content (AvgIpc) is 2.16. The van der Waals surface area contributed by atoms with Gasteiger partial charge in [0.1, 0.15) is 0 Å². The fourth-order valence-corrected chi connectivity index (χ4v) is 1.50. The van der Waals surface area contributed by atoms with Crippen molar-refractivity contribution in [2.45, 2.75) is 45.1 Å². The van der Waals surface area contributed by atoms with Crippen LogP contribution in [0.4, 0.5) is 13.2 Å². The van der Waals surface area contributed by atoms with E-state index in [1.807, 2.05) is 0 Å². The molecule has 0 heterocycles. The van der Waals surface area contributed by atoms with E-state index in [9.17, 15) is 13.2 Å². The van der Waals surface area contributed by atoms with Gasteiger partial charge in [-0.1, -0.05) is 32.6 Å². The largest absolute Gasteiger partial charge is 0.303 e. The summed E-state index contributed by atoms with van der Waals surface area (Å²) in [4.78, 5) is 1.50. The van der Waals surface area contributed by atoms with Crippen LogP contribution in [0.25, 0.3) is 0 Å². The van der Waals surface area contributed by atoms with Crippen LogP contribution in [0.1, 0.15) is 39.0 Å². The molecule has 0 aromatic carbocycles. The minimum Gasteiger partial charge on any atom is -0.300 e. The molecular formula is C11H20F3N. The predicted molar refractivity (Wildman–Crippen MR) is 56.6 cm³/mol. The third-order valence-corrected chi connectivity index (χ3v) is 2.43. The van der Waals surface area contributed by atoms with Gasteiger partial charge in [-0.2, -0.15) is 8.78 Å². The van der Waals surface area contributed by atoms with Crippen LogP contribution in [0, 0.1) is 0 Å². The quantitative estimate of drug-likeness (QED) is 0.590. The number of nitrogens with zero attached hydrogens (tertiary/aromatic N) is 1. The van der Waals surface area contributed by atoms with Crippen molar-refractivity contribution in [2.24, 2.45) is 0 Å². The fourth-order valence-electron chi connectivity index (χ4n) is 1.50. The Morgan fingerprint density at radius 1 is 1.07 bits per heavy atom. The predicted octanol–water partition coefficient (Wildman–Crippen LogP) is 3.96. The second-order valence-electron chi connectivity index (χ2n) is 3.94. The molecule has 0 fully saturated rings. The van der Waals surface area contributed by atoms with Crippen molar-refractivity contribution in [3.8, 4) is 0 Å². The average molecular weight is 223 g/mol. The fraction of sp³-hybridized carbons (Fsp3) is 0.818. The first-order valence-corrected chi connectivity index (χ1v) is 5.37. The van der Waals surface area contributed by atoms with Gasteiger partial charge in [0.25, 0.3) is 0 Å². The zero-order valence-electron chi connectivity index (χ0n) is 9.69. The van der Waals surface area contributed by atoms with Gasteiger partial charge < -0.3 is 4.90 Å². The first-order valence-electron chi connectivity index (χ1n) is 5.37. The highest BCUT2D eigenvalue weighted by molar-refractivity contribution is 5.02. The van der Waals surface area contributed by atoms with E-state index in [1.165, 1.54) is 4.90 Å². The Bertz CT molecular complexity index is 198.